The third kappa shape index (κ3) is 4920. The fraction of sp³-hybridized carbons (Fsp3) is 0.652. The van der Waals surface area contributed by atoms with Gasteiger partial charge in [0.1, 0.15) is 0 Å². The third-order valence-corrected chi connectivity index (χ3v) is 0. The van der Waals surface area contributed by atoms with Gasteiger partial charge in [-0.05, 0) is 0 Å². The van der Waals surface area contributed by atoms with Crippen LogP contribution in [-0.2, 0) is 0 Å². The number of hydrogen-bond acceptors (Lipinski definition) is 0. The molecule has 0 rings (SSSR count). The molecule has 158 valence electrons. The zero-order valence-electron chi connectivity index (χ0n) is 13.4. The second-order valence-corrected chi connectivity index (χ2v) is 0. The lowest BCUT2D eigenvalue weighted by molar-refractivity contribution is 1.50. The molecule has 0 aliphatic carbocycles. The van der Waals surface area contributed by atoms with Crippen LogP contribution >= 0.6 is 0 Å². The summed E-state index contributed by atoms with van der Waals surface area (Å²) in [4.78, 5) is 0. The SMILES string of the molecule is C.C.C.C.C.C.C.C#C.C=C.C=C.C=C.CC.CC.CC.CC. The molecule has 0 aromatic rings. The molecule has 0 atom stereocenters. The first-order chi connectivity index (χ1) is 8.00. The molecule has 0 bridgehead atoms. The molecular formula is C23H66. The van der Waals surface area contributed by atoms with Crippen molar-refractivity contribution in [2.45, 2.75) is 107 Å². The van der Waals surface area contributed by atoms with E-state index >= 15 is 0 Å². The zero-order valence-corrected chi connectivity index (χ0v) is 13.4. The zero-order chi connectivity index (χ0) is 16.0. The summed E-state index contributed by atoms with van der Waals surface area (Å²) in [5, 5.41) is 0. The predicted molar refractivity (Wildman–Crippen MR) is 136 cm³/mol. The van der Waals surface area contributed by atoms with E-state index in [-0.39, 0.29) is 52.0 Å². The lowest BCUT2D eigenvalue weighted by atomic mass is 11.0. The molecule has 0 fully saturated rings. The third-order valence-electron chi connectivity index (χ3n) is 0. The Balaban J connectivity index is -0.00000000234. The summed E-state index contributed by atoms with van der Waals surface area (Å²) in [5.41, 5.74) is 0. The van der Waals surface area contributed by atoms with Gasteiger partial charge >= 0.3 is 0 Å². The highest BCUT2D eigenvalue weighted by Crippen LogP contribution is 1.15. The minimum absolute atomic E-state index is 0. The van der Waals surface area contributed by atoms with Gasteiger partial charge in [0.15, 0.2) is 0 Å². The minimum atomic E-state index is 0. The molecule has 0 radical (unpaired) electrons. The largest absolute Gasteiger partial charge is 0.124 e. The van der Waals surface area contributed by atoms with Crippen molar-refractivity contribution in [3.8, 4) is 12.8 Å². The van der Waals surface area contributed by atoms with Crippen LogP contribution in [0.15, 0.2) is 39.5 Å². The highest BCUT2D eigenvalue weighted by atomic mass is 13.0. The van der Waals surface area contributed by atoms with Crippen molar-refractivity contribution in [3.05, 3.63) is 39.5 Å². The number of rotatable bonds is 0. The van der Waals surface area contributed by atoms with Gasteiger partial charge in [0.25, 0.3) is 0 Å². The van der Waals surface area contributed by atoms with E-state index in [1.165, 1.54) is 0 Å². The van der Waals surface area contributed by atoms with Crippen molar-refractivity contribution in [1.29, 1.82) is 0 Å². The van der Waals surface area contributed by atoms with E-state index < -0.39 is 0 Å². The molecule has 0 nitrogen and oxygen atoms in total. The van der Waals surface area contributed by atoms with Crippen molar-refractivity contribution in [2.75, 3.05) is 0 Å². The highest BCUT2D eigenvalue weighted by molar-refractivity contribution is 4.47. The maximum absolute atomic E-state index is 4.00. The Labute approximate surface area is 160 Å². The summed E-state index contributed by atoms with van der Waals surface area (Å²) in [6.07, 6.45) is 8.00. The van der Waals surface area contributed by atoms with Crippen LogP contribution in [-0.4, -0.2) is 0 Å². The molecule has 23 heavy (non-hydrogen) atoms. The summed E-state index contributed by atoms with van der Waals surface area (Å²) >= 11 is 0. The molecule has 0 saturated carbocycles. The molecule has 0 unspecified atom stereocenters. The Morgan fingerprint density at radius 1 is 0.304 bits per heavy atom. The maximum Gasteiger partial charge on any atom is -0.0683 e. The van der Waals surface area contributed by atoms with Crippen molar-refractivity contribution in [3.63, 3.8) is 0 Å². The van der Waals surface area contributed by atoms with Gasteiger partial charge in [-0.15, -0.1) is 52.3 Å². The van der Waals surface area contributed by atoms with Gasteiger partial charge in [-0.3, -0.25) is 0 Å². The van der Waals surface area contributed by atoms with E-state index in [9.17, 15) is 0 Å². The second kappa shape index (κ2) is 5460. The molecule has 0 aromatic carbocycles. The Bertz CT molecular complexity index is 21.5. The molecule has 0 amide bonds. The van der Waals surface area contributed by atoms with E-state index in [4.69, 9.17) is 0 Å². The van der Waals surface area contributed by atoms with Gasteiger partial charge in [0.05, 0.1) is 0 Å². The Morgan fingerprint density at radius 2 is 0.304 bits per heavy atom. The van der Waals surface area contributed by atoms with Crippen LogP contribution < -0.4 is 0 Å². The average Bonchev–Trinajstić information content (AvgIpc) is 2.54. The first-order valence-electron chi connectivity index (χ1n) is 5.83. The van der Waals surface area contributed by atoms with Gasteiger partial charge in [0.2, 0.25) is 0 Å². The van der Waals surface area contributed by atoms with Crippen LogP contribution in [0.3, 0.4) is 0 Å². The summed E-state index contributed by atoms with van der Waals surface area (Å²) in [6, 6.07) is 0. The Kier molecular flexibility index (Phi) is 48600. The molecule has 0 heteroatoms. The summed E-state index contributed by atoms with van der Waals surface area (Å²) in [5.74, 6) is 0. The molecule has 0 aliphatic heterocycles. The normalized spacial score (nSPS) is 1.65. The maximum atomic E-state index is 4.00. The fourth-order valence-electron chi connectivity index (χ4n) is 0. The summed E-state index contributed by atoms with van der Waals surface area (Å²) in [7, 11) is 0. The predicted octanol–water partition coefficient (Wildman–Crippen LogP) is 11.2. The second-order valence-electron chi connectivity index (χ2n) is 0. The smallest absolute Gasteiger partial charge is 0.0683 e. The van der Waals surface area contributed by atoms with Gasteiger partial charge < -0.3 is 0 Å². The average molecular weight is 343 g/mol. The van der Waals surface area contributed by atoms with E-state index in [1.807, 2.05) is 55.4 Å². The van der Waals surface area contributed by atoms with Gasteiger partial charge in [-0.2, -0.15) is 0 Å². The van der Waals surface area contributed by atoms with Crippen molar-refractivity contribution in [1.82, 2.24) is 0 Å². The molecule has 0 aromatic heterocycles. The van der Waals surface area contributed by atoms with E-state index in [0.717, 1.165) is 0 Å². The van der Waals surface area contributed by atoms with Gasteiger partial charge in [-0.25, -0.2) is 0 Å². The lowest BCUT2D eigenvalue weighted by Crippen LogP contribution is -0.856. The summed E-state index contributed by atoms with van der Waals surface area (Å²) < 4.78 is 0. The lowest BCUT2D eigenvalue weighted by Gasteiger charge is -1.07. The van der Waals surface area contributed by atoms with Gasteiger partial charge in [-0.1, -0.05) is 107 Å². The van der Waals surface area contributed by atoms with Gasteiger partial charge in [0, 0.05) is 0 Å². The van der Waals surface area contributed by atoms with E-state index in [0.29, 0.717) is 0 Å². The van der Waals surface area contributed by atoms with Crippen LogP contribution in [0.4, 0.5) is 0 Å². The quantitative estimate of drug-likeness (QED) is 0.303. The summed E-state index contributed by atoms with van der Waals surface area (Å²) in [6.45, 7) is 34.0. The number of hydrogen-bond donors (Lipinski definition) is 0. The van der Waals surface area contributed by atoms with Crippen molar-refractivity contribution in [2.24, 2.45) is 0 Å². The van der Waals surface area contributed by atoms with Crippen molar-refractivity contribution < 1.29 is 0 Å². The minimum Gasteiger partial charge on any atom is -0.124 e. The fourth-order valence-corrected chi connectivity index (χ4v) is 0. The Morgan fingerprint density at radius 3 is 0.304 bits per heavy atom. The van der Waals surface area contributed by atoms with Crippen LogP contribution in [0, 0.1) is 12.8 Å². The monoisotopic (exact) mass is 343 g/mol. The molecule has 0 aliphatic rings. The van der Waals surface area contributed by atoms with E-state index in [1.54, 1.807) is 0 Å². The standard InChI is InChI=1S/4C2H6.3C2H4.C2H2.7CH4/c8*1-2;;;;;;;/h4*1-2H3;3*1-2H2;1-2H;7*1H4. The molecule has 0 saturated heterocycles. The van der Waals surface area contributed by atoms with Crippen molar-refractivity contribution >= 4 is 0 Å². The molecule has 0 N–H and O–H groups in total. The molecule has 0 spiro atoms. The number of terminal acetylenes is 1. The van der Waals surface area contributed by atoms with Crippen LogP contribution in [0.5, 0.6) is 0 Å². The molecule has 0 heterocycles. The van der Waals surface area contributed by atoms with Crippen LogP contribution in [0.2, 0.25) is 0 Å². The Hall–Kier alpha value is -1.22. The van der Waals surface area contributed by atoms with Crippen LogP contribution in [0.25, 0.3) is 0 Å². The first-order valence-corrected chi connectivity index (χ1v) is 5.83. The van der Waals surface area contributed by atoms with E-state index in [2.05, 4.69) is 52.3 Å². The highest BCUT2D eigenvalue weighted by Gasteiger charge is 0.938. The first kappa shape index (κ1) is 205. The topological polar surface area (TPSA) is 0 Å². The van der Waals surface area contributed by atoms with Crippen LogP contribution in [0.1, 0.15) is 107 Å². The molecular weight excluding hydrogens is 276 g/mol.